The predicted octanol–water partition coefficient (Wildman–Crippen LogP) is 3.04. The Kier molecular flexibility index (Phi) is 5.55. The van der Waals surface area contributed by atoms with Gasteiger partial charge in [-0.15, -0.1) is 0 Å². The Morgan fingerprint density at radius 2 is 1.82 bits per heavy atom. The van der Waals surface area contributed by atoms with E-state index in [2.05, 4.69) is 10.9 Å². The van der Waals surface area contributed by atoms with Crippen LogP contribution in [-0.2, 0) is 11.2 Å². The minimum atomic E-state index is -0.436. The van der Waals surface area contributed by atoms with Crippen LogP contribution < -0.4 is 10.9 Å². The maximum absolute atomic E-state index is 11.9. The Balaban J connectivity index is 1.81. The highest BCUT2D eigenvalue weighted by atomic mass is 35.5. The molecule has 0 aliphatic carbocycles. The van der Waals surface area contributed by atoms with E-state index in [-0.39, 0.29) is 5.91 Å². The Morgan fingerprint density at radius 3 is 2.55 bits per heavy atom. The molecule has 0 atom stereocenters. The molecule has 0 heterocycles. The van der Waals surface area contributed by atoms with Gasteiger partial charge in [0.1, 0.15) is 0 Å². The molecule has 4 nitrogen and oxygen atoms in total. The number of carbonyl (C=O) groups is 2. The van der Waals surface area contributed by atoms with E-state index in [1.54, 1.807) is 24.3 Å². The Hall–Kier alpha value is -2.33. The zero-order valence-electron chi connectivity index (χ0n) is 12.2. The monoisotopic (exact) mass is 316 g/mol. The molecule has 0 spiro atoms. The Morgan fingerprint density at radius 1 is 1.05 bits per heavy atom. The number of amides is 2. The summed E-state index contributed by atoms with van der Waals surface area (Å²) in [6, 6.07) is 14.6. The fraction of sp³-hybridized carbons (Fsp3) is 0.176. The number of hydrogen-bond acceptors (Lipinski definition) is 2. The second kappa shape index (κ2) is 7.61. The van der Waals surface area contributed by atoms with Gasteiger partial charge in [-0.2, -0.15) is 0 Å². The molecule has 2 aromatic rings. The average Bonchev–Trinajstić information content (AvgIpc) is 2.51. The zero-order chi connectivity index (χ0) is 15.9. The summed E-state index contributed by atoms with van der Waals surface area (Å²) in [5.41, 5.74) is 7.33. The summed E-state index contributed by atoms with van der Waals surface area (Å²) in [7, 11) is 0. The molecule has 0 bridgehead atoms. The Bertz CT molecular complexity index is 686. The summed E-state index contributed by atoms with van der Waals surface area (Å²) in [5, 5.41) is 0.342. The van der Waals surface area contributed by atoms with Crippen LogP contribution in [0.5, 0.6) is 0 Å². The lowest BCUT2D eigenvalue weighted by Gasteiger charge is -2.08. The third-order valence-electron chi connectivity index (χ3n) is 3.16. The summed E-state index contributed by atoms with van der Waals surface area (Å²) < 4.78 is 0. The lowest BCUT2D eigenvalue weighted by Crippen LogP contribution is -2.41. The summed E-state index contributed by atoms with van der Waals surface area (Å²) in [4.78, 5) is 23.6. The molecule has 22 heavy (non-hydrogen) atoms. The number of benzene rings is 2. The van der Waals surface area contributed by atoms with Crippen molar-refractivity contribution in [1.29, 1.82) is 0 Å². The molecular formula is C17H17ClN2O2. The molecule has 0 fully saturated rings. The van der Waals surface area contributed by atoms with E-state index in [1.165, 1.54) is 0 Å². The van der Waals surface area contributed by atoms with Gasteiger partial charge in [-0.1, -0.05) is 53.6 Å². The highest BCUT2D eigenvalue weighted by Gasteiger charge is 2.10. The van der Waals surface area contributed by atoms with Crippen LogP contribution in [0.25, 0.3) is 0 Å². The molecule has 0 saturated carbocycles. The van der Waals surface area contributed by atoms with E-state index in [0.717, 1.165) is 11.1 Å². The van der Waals surface area contributed by atoms with Crippen LogP contribution in [0.15, 0.2) is 48.5 Å². The second-order valence-electron chi connectivity index (χ2n) is 4.97. The van der Waals surface area contributed by atoms with Crippen LogP contribution >= 0.6 is 11.6 Å². The van der Waals surface area contributed by atoms with Crippen molar-refractivity contribution >= 4 is 23.4 Å². The maximum Gasteiger partial charge on any atom is 0.271 e. The molecule has 2 amide bonds. The minimum absolute atomic E-state index is 0.248. The standard InChI is InChI=1S/C17H17ClN2O2/c1-12-5-4-6-13(11-12)9-10-16(21)19-20-17(22)14-7-2-3-8-15(14)18/h2-8,11H,9-10H2,1H3,(H,19,21)(H,20,22). The van der Waals surface area contributed by atoms with Gasteiger partial charge in [-0.25, -0.2) is 0 Å². The molecule has 2 rings (SSSR count). The topological polar surface area (TPSA) is 58.2 Å². The van der Waals surface area contributed by atoms with Crippen LogP contribution in [0.4, 0.5) is 0 Å². The molecule has 0 unspecified atom stereocenters. The van der Waals surface area contributed by atoms with Crippen LogP contribution in [0, 0.1) is 6.92 Å². The molecular weight excluding hydrogens is 300 g/mol. The SMILES string of the molecule is Cc1cccc(CCC(=O)NNC(=O)c2ccccc2Cl)c1. The van der Waals surface area contributed by atoms with E-state index < -0.39 is 5.91 Å². The number of rotatable bonds is 4. The molecule has 0 radical (unpaired) electrons. The van der Waals surface area contributed by atoms with Crippen LogP contribution in [0.1, 0.15) is 27.9 Å². The third kappa shape index (κ3) is 4.60. The third-order valence-corrected chi connectivity index (χ3v) is 3.49. The minimum Gasteiger partial charge on any atom is -0.273 e. The first-order valence-electron chi connectivity index (χ1n) is 6.95. The van der Waals surface area contributed by atoms with Crippen molar-refractivity contribution in [3.8, 4) is 0 Å². The first-order chi connectivity index (χ1) is 10.6. The number of carbonyl (C=O) groups excluding carboxylic acids is 2. The lowest BCUT2D eigenvalue weighted by atomic mass is 10.1. The van der Waals surface area contributed by atoms with Gasteiger partial charge in [-0.3, -0.25) is 20.4 Å². The molecule has 0 aromatic heterocycles. The average molecular weight is 317 g/mol. The van der Waals surface area contributed by atoms with E-state index in [1.807, 2.05) is 31.2 Å². The van der Waals surface area contributed by atoms with Crippen molar-refractivity contribution in [2.45, 2.75) is 19.8 Å². The normalized spacial score (nSPS) is 10.1. The van der Waals surface area contributed by atoms with Crippen LogP contribution in [-0.4, -0.2) is 11.8 Å². The molecule has 0 saturated heterocycles. The molecule has 114 valence electrons. The molecule has 5 heteroatoms. The Labute approximate surface area is 134 Å². The zero-order valence-corrected chi connectivity index (χ0v) is 13.0. The van der Waals surface area contributed by atoms with Gasteiger partial charge in [0.2, 0.25) is 5.91 Å². The molecule has 2 N–H and O–H groups in total. The smallest absolute Gasteiger partial charge is 0.271 e. The first-order valence-corrected chi connectivity index (χ1v) is 7.33. The van der Waals surface area contributed by atoms with Crippen molar-refractivity contribution in [2.75, 3.05) is 0 Å². The van der Waals surface area contributed by atoms with Gasteiger partial charge in [0.05, 0.1) is 10.6 Å². The van der Waals surface area contributed by atoms with Crippen molar-refractivity contribution in [3.05, 3.63) is 70.2 Å². The van der Waals surface area contributed by atoms with Crippen molar-refractivity contribution in [3.63, 3.8) is 0 Å². The summed E-state index contributed by atoms with van der Waals surface area (Å²) in [6.07, 6.45) is 0.918. The lowest BCUT2D eigenvalue weighted by molar-refractivity contribution is -0.121. The number of hydrogen-bond donors (Lipinski definition) is 2. The molecule has 0 aliphatic rings. The quantitative estimate of drug-likeness (QED) is 0.852. The van der Waals surface area contributed by atoms with Gasteiger partial charge >= 0.3 is 0 Å². The molecule has 0 aliphatic heterocycles. The van der Waals surface area contributed by atoms with E-state index in [4.69, 9.17) is 11.6 Å². The predicted molar refractivity (Wildman–Crippen MR) is 86.6 cm³/mol. The van der Waals surface area contributed by atoms with Gasteiger partial charge in [-0.05, 0) is 31.0 Å². The maximum atomic E-state index is 11.9. The van der Waals surface area contributed by atoms with Crippen LogP contribution in [0.2, 0.25) is 5.02 Å². The summed E-state index contributed by atoms with van der Waals surface area (Å²) >= 11 is 5.92. The van der Waals surface area contributed by atoms with Gasteiger partial charge in [0.15, 0.2) is 0 Å². The van der Waals surface area contributed by atoms with Crippen LogP contribution in [0.3, 0.4) is 0 Å². The highest BCUT2D eigenvalue weighted by Crippen LogP contribution is 2.14. The fourth-order valence-electron chi connectivity index (χ4n) is 2.03. The van der Waals surface area contributed by atoms with E-state index >= 15 is 0 Å². The number of aryl methyl sites for hydroxylation is 2. The van der Waals surface area contributed by atoms with Crippen molar-refractivity contribution in [1.82, 2.24) is 10.9 Å². The molecule has 2 aromatic carbocycles. The van der Waals surface area contributed by atoms with Gasteiger partial charge in [0, 0.05) is 6.42 Å². The van der Waals surface area contributed by atoms with Gasteiger partial charge in [0.25, 0.3) is 5.91 Å². The second-order valence-corrected chi connectivity index (χ2v) is 5.38. The fourth-order valence-corrected chi connectivity index (χ4v) is 2.25. The van der Waals surface area contributed by atoms with E-state index in [9.17, 15) is 9.59 Å². The first kappa shape index (κ1) is 16.0. The number of hydrazine groups is 1. The largest absolute Gasteiger partial charge is 0.273 e. The highest BCUT2D eigenvalue weighted by molar-refractivity contribution is 6.33. The summed E-state index contributed by atoms with van der Waals surface area (Å²) in [5.74, 6) is -0.684. The summed E-state index contributed by atoms with van der Waals surface area (Å²) in [6.45, 7) is 2.01. The number of nitrogens with one attached hydrogen (secondary N) is 2. The van der Waals surface area contributed by atoms with Crippen molar-refractivity contribution < 1.29 is 9.59 Å². The van der Waals surface area contributed by atoms with Gasteiger partial charge < -0.3 is 0 Å². The number of halogens is 1. The van der Waals surface area contributed by atoms with E-state index in [0.29, 0.717) is 23.4 Å². The van der Waals surface area contributed by atoms with Crippen molar-refractivity contribution in [2.24, 2.45) is 0 Å².